The van der Waals surface area contributed by atoms with Gasteiger partial charge in [-0.2, -0.15) is 13.2 Å². The van der Waals surface area contributed by atoms with E-state index in [1.165, 1.54) is 11.8 Å². The van der Waals surface area contributed by atoms with Gasteiger partial charge in [-0.3, -0.25) is 14.7 Å². The molecule has 1 unspecified atom stereocenters. The van der Waals surface area contributed by atoms with Gasteiger partial charge in [0.05, 0.1) is 6.54 Å². The van der Waals surface area contributed by atoms with Crippen molar-refractivity contribution >= 4 is 11.9 Å². The SMILES string of the molecule is CCNC(=NCCC(=O)NCc1ccccc1)N1CCN(C(C)C(F)(F)F)CC1. The second-order valence-electron chi connectivity index (χ2n) is 6.99. The summed E-state index contributed by atoms with van der Waals surface area (Å²) in [4.78, 5) is 19.9. The van der Waals surface area contributed by atoms with Crippen molar-refractivity contribution in [2.24, 2.45) is 4.99 Å². The van der Waals surface area contributed by atoms with E-state index in [0.717, 1.165) is 5.56 Å². The second kappa shape index (κ2) is 11.0. The van der Waals surface area contributed by atoms with Crippen molar-refractivity contribution < 1.29 is 18.0 Å². The van der Waals surface area contributed by atoms with Crippen molar-refractivity contribution in [1.29, 1.82) is 0 Å². The van der Waals surface area contributed by atoms with Crippen LogP contribution >= 0.6 is 0 Å². The number of carbonyl (C=O) groups excluding carboxylic acids is 1. The topological polar surface area (TPSA) is 60.0 Å². The standard InChI is InChI=1S/C20H30F3N5O/c1-3-24-19(28-13-11-27(12-14-28)16(2)20(21,22)23)25-10-9-18(29)26-15-17-7-5-4-6-8-17/h4-8,16H,3,9-15H2,1-2H3,(H,24,25)(H,26,29). The number of carbonyl (C=O) groups is 1. The summed E-state index contributed by atoms with van der Waals surface area (Å²) in [5, 5.41) is 6.02. The lowest BCUT2D eigenvalue weighted by atomic mass is 10.2. The first-order valence-electron chi connectivity index (χ1n) is 9.96. The fourth-order valence-electron chi connectivity index (χ4n) is 3.10. The number of hydrogen-bond donors (Lipinski definition) is 2. The zero-order valence-electron chi connectivity index (χ0n) is 17.0. The number of nitrogens with zero attached hydrogens (tertiary/aromatic N) is 3. The lowest BCUT2D eigenvalue weighted by Gasteiger charge is -2.39. The number of benzene rings is 1. The van der Waals surface area contributed by atoms with E-state index in [2.05, 4.69) is 15.6 Å². The van der Waals surface area contributed by atoms with Crippen molar-refractivity contribution in [3.8, 4) is 0 Å². The number of guanidine groups is 1. The zero-order chi connectivity index (χ0) is 21.3. The van der Waals surface area contributed by atoms with Crippen LogP contribution in [-0.2, 0) is 11.3 Å². The molecule has 6 nitrogen and oxygen atoms in total. The molecule has 1 heterocycles. The highest BCUT2D eigenvalue weighted by Crippen LogP contribution is 2.25. The normalized spacial score (nSPS) is 17.1. The monoisotopic (exact) mass is 413 g/mol. The summed E-state index contributed by atoms with van der Waals surface area (Å²) < 4.78 is 38.7. The number of nitrogens with one attached hydrogen (secondary N) is 2. The van der Waals surface area contributed by atoms with Crippen LogP contribution in [0.1, 0.15) is 25.8 Å². The van der Waals surface area contributed by atoms with E-state index in [4.69, 9.17) is 0 Å². The van der Waals surface area contributed by atoms with Crippen LogP contribution < -0.4 is 10.6 Å². The van der Waals surface area contributed by atoms with Crippen LogP contribution in [-0.4, -0.2) is 73.2 Å². The Morgan fingerprint density at radius 1 is 1.14 bits per heavy atom. The van der Waals surface area contributed by atoms with Gasteiger partial charge in [0.15, 0.2) is 5.96 Å². The van der Waals surface area contributed by atoms with E-state index < -0.39 is 12.2 Å². The number of hydrogen-bond acceptors (Lipinski definition) is 3. The Hall–Kier alpha value is -2.29. The molecule has 0 aliphatic carbocycles. The van der Waals surface area contributed by atoms with Crippen LogP contribution in [0.3, 0.4) is 0 Å². The van der Waals surface area contributed by atoms with Crippen molar-refractivity contribution in [2.75, 3.05) is 39.3 Å². The molecule has 0 saturated carbocycles. The van der Waals surface area contributed by atoms with E-state index in [-0.39, 0.29) is 12.3 Å². The van der Waals surface area contributed by atoms with Crippen molar-refractivity contribution in [1.82, 2.24) is 20.4 Å². The minimum atomic E-state index is -4.21. The first kappa shape index (κ1) is 23.0. The minimum Gasteiger partial charge on any atom is -0.357 e. The first-order chi connectivity index (χ1) is 13.8. The summed E-state index contributed by atoms with van der Waals surface area (Å²) >= 11 is 0. The fraction of sp³-hybridized carbons (Fsp3) is 0.600. The third-order valence-electron chi connectivity index (χ3n) is 4.90. The number of aliphatic imine (C=N–C) groups is 1. The maximum Gasteiger partial charge on any atom is 0.403 e. The average molecular weight is 413 g/mol. The molecule has 0 radical (unpaired) electrons. The molecule has 0 aromatic heterocycles. The maximum atomic E-state index is 12.9. The molecule has 1 fully saturated rings. The summed E-state index contributed by atoms with van der Waals surface area (Å²) in [6, 6.07) is 8.21. The predicted octanol–water partition coefficient (Wildman–Crippen LogP) is 2.23. The quantitative estimate of drug-likeness (QED) is 0.532. The molecule has 29 heavy (non-hydrogen) atoms. The Morgan fingerprint density at radius 3 is 2.38 bits per heavy atom. The number of alkyl halides is 3. The van der Waals surface area contributed by atoms with Crippen LogP contribution in [0.15, 0.2) is 35.3 Å². The van der Waals surface area contributed by atoms with Crippen molar-refractivity contribution in [3.05, 3.63) is 35.9 Å². The highest BCUT2D eigenvalue weighted by molar-refractivity contribution is 5.81. The molecule has 0 spiro atoms. The molecule has 1 atom stereocenters. The van der Waals surface area contributed by atoms with Gasteiger partial charge in [0.2, 0.25) is 5.91 Å². The molecule has 2 N–H and O–H groups in total. The van der Waals surface area contributed by atoms with Gasteiger partial charge in [-0.25, -0.2) is 0 Å². The number of rotatable bonds is 7. The van der Waals surface area contributed by atoms with E-state index >= 15 is 0 Å². The zero-order valence-corrected chi connectivity index (χ0v) is 17.0. The smallest absolute Gasteiger partial charge is 0.357 e. The predicted molar refractivity (Wildman–Crippen MR) is 108 cm³/mol. The van der Waals surface area contributed by atoms with Gasteiger partial charge < -0.3 is 15.5 Å². The highest BCUT2D eigenvalue weighted by Gasteiger charge is 2.41. The van der Waals surface area contributed by atoms with E-state index in [1.807, 2.05) is 42.2 Å². The Bertz CT molecular complexity index is 658. The maximum absolute atomic E-state index is 12.9. The molecule has 0 bridgehead atoms. The van der Waals surface area contributed by atoms with E-state index in [0.29, 0.717) is 51.8 Å². The van der Waals surface area contributed by atoms with Gasteiger partial charge >= 0.3 is 6.18 Å². The van der Waals surface area contributed by atoms with Crippen LogP contribution in [0, 0.1) is 0 Å². The van der Waals surface area contributed by atoms with Crippen LogP contribution in [0.25, 0.3) is 0 Å². The average Bonchev–Trinajstić information content (AvgIpc) is 2.71. The fourth-order valence-corrected chi connectivity index (χ4v) is 3.10. The van der Waals surface area contributed by atoms with Gasteiger partial charge in [-0.1, -0.05) is 30.3 Å². The summed E-state index contributed by atoms with van der Waals surface area (Å²) in [7, 11) is 0. The number of amides is 1. The van der Waals surface area contributed by atoms with Crippen molar-refractivity contribution in [2.45, 2.75) is 39.0 Å². The second-order valence-corrected chi connectivity index (χ2v) is 6.99. The minimum absolute atomic E-state index is 0.0859. The summed E-state index contributed by atoms with van der Waals surface area (Å²) in [5.74, 6) is 0.556. The first-order valence-corrected chi connectivity index (χ1v) is 9.96. The number of halogens is 3. The molecule has 1 amide bonds. The Labute approximate surface area is 170 Å². The van der Waals surface area contributed by atoms with Gasteiger partial charge in [0.25, 0.3) is 0 Å². The van der Waals surface area contributed by atoms with E-state index in [9.17, 15) is 18.0 Å². The lowest BCUT2D eigenvalue weighted by Crippen LogP contribution is -2.56. The molecule has 2 rings (SSSR count). The molecule has 162 valence electrons. The molecule has 1 aromatic carbocycles. The lowest BCUT2D eigenvalue weighted by molar-refractivity contribution is -0.181. The van der Waals surface area contributed by atoms with Crippen LogP contribution in [0.2, 0.25) is 0 Å². The third-order valence-corrected chi connectivity index (χ3v) is 4.90. The molecule has 1 aromatic rings. The molecular formula is C20H30F3N5O. The molecule has 1 saturated heterocycles. The van der Waals surface area contributed by atoms with E-state index in [1.54, 1.807) is 0 Å². The largest absolute Gasteiger partial charge is 0.403 e. The molecule has 9 heteroatoms. The molecular weight excluding hydrogens is 383 g/mol. The van der Waals surface area contributed by atoms with Gasteiger partial charge in [-0.15, -0.1) is 0 Å². The summed E-state index contributed by atoms with van der Waals surface area (Å²) in [6.07, 6.45) is -3.96. The van der Waals surface area contributed by atoms with Crippen molar-refractivity contribution in [3.63, 3.8) is 0 Å². The Morgan fingerprint density at radius 2 is 1.79 bits per heavy atom. The van der Waals surface area contributed by atoms with Crippen LogP contribution in [0.5, 0.6) is 0 Å². The third kappa shape index (κ3) is 7.56. The Balaban J connectivity index is 1.80. The molecule has 1 aliphatic rings. The molecule has 1 aliphatic heterocycles. The number of piperazine rings is 1. The van der Waals surface area contributed by atoms with Gasteiger partial charge in [-0.05, 0) is 19.4 Å². The van der Waals surface area contributed by atoms with Gasteiger partial charge in [0.1, 0.15) is 6.04 Å². The van der Waals surface area contributed by atoms with Gasteiger partial charge in [0, 0.05) is 45.7 Å². The summed E-state index contributed by atoms with van der Waals surface area (Å²) in [6.45, 7) is 6.15. The highest BCUT2D eigenvalue weighted by atomic mass is 19.4. The summed E-state index contributed by atoms with van der Waals surface area (Å²) in [5.41, 5.74) is 1.03. The Kier molecular flexibility index (Phi) is 8.75. The van der Waals surface area contributed by atoms with Crippen LogP contribution in [0.4, 0.5) is 13.2 Å².